The third-order valence-electron chi connectivity index (χ3n) is 5.66. The number of fused-ring (bicyclic) bond motifs is 1. The Hall–Kier alpha value is -3.32. The lowest BCUT2D eigenvalue weighted by Crippen LogP contribution is -2.42. The van der Waals surface area contributed by atoms with Gasteiger partial charge in [0.25, 0.3) is 5.91 Å². The molecule has 2 aliphatic rings. The highest BCUT2D eigenvalue weighted by Gasteiger charge is 2.35. The molecule has 5 rings (SSSR count). The number of rotatable bonds is 3. The summed E-state index contributed by atoms with van der Waals surface area (Å²) < 4.78 is 14.3. The normalized spacial score (nSPS) is 17.7. The van der Waals surface area contributed by atoms with E-state index in [-0.39, 0.29) is 22.9 Å². The van der Waals surface area contributed by atoms with E-state index < -0.39 is 11.9 Å². The SMILES string of the molecule is O=C(C1CC(c2cccc(Cl)c2F)=NO1)N1CCc2c(cccc2-c2cncnc2)C1. The van der Waals surface area contributed by atoms with E-state index in [1.54, 1.807) is 29.4 Å². The number of hydrogen-bond donors (Lipinski definition) is 0. The van der Waals surface area contributed by atoms with Crippen LogP contribution in [0.3, 0.4) is 0 Å². The topological polar surface area (TPSA) is 67.7 Å². The predicted octanol–water partition coefficient (Wildman–Crippen LogP) is 4.01. The highest BCUT2D eigenvalue weighted by molar-refractivity contribution is 6.31. The molecule has 6 nitrogen and oxygen atoms in total. The quantitative estimate of drug-likeness (QED) is 0.622. The van der Waals surface area contributed by atoms with Crippen molar-refractivity contribution in [1.82, 2.24) is 14.9 Å². The molecule has 1 amide bonds. The lowest BCUT2D eigenvalue weighted by Gasteiger charge is -2.31. The summed E-state index contributed by atoms with van der Waals surface area (Å²) in [6.07, 6.45) is 5.25. The van der Waals surface area contributed by atoms with E-state index in [0.29, 0.717) is 18.8 Å². The van der Waals surface area contributed by atoms with Gasteiger partial charge >= 0.3 is 0 Å². The zero-order valence-electron chi connectivity index (χ0n) is 16.5. The minimum atomic E-state index is -0.763. The van der Waals surface area contributed by atoms with E-state index in [4.69, 9.17) is 16.4 Å². The first-order chi connectivity index (χ1) is 15.1. The lowest BCUT2D eigenvalue weighted by molar-refractivity contribution is -0.143. The Morgan fingerprint density at radius 3 is 2.74 bits per heavy atom. The molecule has 2 aromatic carbocycles. The van der Waals surface area contributed by atoms with Crippen LogP contribution < -0.4 is 0 Å². The fourth-order valence-corrected chi connectivity index (χ4v) is 4.28. The number of carbonyl (C=O) groups is 1. The van der Waals surface area contributed by atoms with Gasteiger partial charge in [0.05, 0.1) is 10.7 Å². The highest BCUT2D eigenvalue weighted by Crippen LogP contribution is 2.31. The van der Waals surface area contributed by atoms with E-state index in [0.717, 1.165) is 23.1 Å². The number of nitrogens with zero attached hydrogens (tertiary/aromatic N) is 4. The van der Waals surface area contributed by atoms with E-state index in [2.05, 4.69) is 21.2 Å². The molecule has 8 heteroatoms. The number of carbonyl (C=O) groups excluding carboxylic acids is 1. The molecule has 0 bridgehead atoms. The van der Waals surface area contributed by atoms with Crippen LogP contribution in [-0.2, 0) is 22.6 Å². The van der Waals surface area contributed by atoms with Gasteiger partial charge in [0.1, 0.15) is 6.33 Å². The summed E-state index contributed by atoms with van der Waals surface area (Å²) in [6, 6.07) is 10.8. The van der Waals surface area contributed by atoms with Gasteiger partial charge in [-0.2, -0.15) is 0 Å². The monoisotopic (exact) mass is 436 g/mol. The van der Waals surface area contributed by atoms with Gasteiger partial charge in [-0.05, 0) is 35.2 Å². The Morgan fingerprint density at radius 1 is 1.13 bits per heavy atom. The van der Waals surface area contributed by atoms with Crippen molar-refractivity contribution in [2.75, 3.05) is 6.54 Å². The van der Waals surface area contributed by atoms with Crippen molar-refractivity contribution in [2.45, 2.75) is 25.5 Å². The fraction of sp³-hybridized carbons (Fsp3) is 0.217. The molecule has 0 radical (unpaired) electrons. The molecule has 1 unspecified atom stereocenters. The first-order valence-electron chi connectivity index (χ1n) is 9.94. The standard InChI is InChI=1S/C23H18ClFN4O2/c24-19-6-2-5-18(22(19)25)20-9-21(31-28-20)23(30)29-8-7-17-14(12-29)3-1-4-16(17)15-10-26-13-27-11-15/h1-6,10-11,13,21H,7-9,12H2. The average Bonchev–Trinajstić information content (AvgIpc) is 3.30. The van der Waals surface area contributed by atoms with Crippen LogP contribution in [-0.4, -0.2) is 39.1 Å². The molecule has 1 atom stereocenters. The van der Waals surface area contributed by atoms with E-state index in [9.17, 15) is 9.18 Å². The Balaban J connectivity index is 1.31. The first-order valence-corrected chi connectivity index (χ1v) is 10.3. The Kier molecular flexibility index (Phi) is 5.11. The molecule has 0 fully saturated rings. The maximum Gasteiger partial charge on any atom is 0.267 e. The lowest BCUT2D eigenvalue weighted by atomic mass is 9.91. The number of oxime groups is 1. The van der Waals surface area contributed by atoms with Gasteiger partial charge in [-0.15, -0.1) is 0 Å². The third kappa shape index (κ3) is 3.65. The van der Waals surface area contributed by atoms with Crippen LogP contribution in [0, 0.1) is 5.82 Å². The molecule has 0 spiro atoms. The third-order valence-corrected chi connectivity index (χ3v) is 5.95. The van der Waals surface area contributed by atoms with Gasteiger partial charge in [0.15, 0.2) is 5.82 Å². The summed E-state index contributed by atoms with van der Waals surface area (Å²) >= 11 is 5.86. The highest BCUT2D eigenvalue weighted by atomic mass is 35.5. The maximum atomic E-state index is 14.3. The average molecular weight is 437 g/mol. The van der Waals surface area contributed by atoms with Crippen LogP contribution in [0.25, 0.3) is 11.1 Å². The van der Waals surface area contributed by atoms with Crippen LogP contribution >= 0.6 is 11.6 Å². The molecule has 2 aliphatic heterocycles. The smallest absolute Gasteiger partial charge is 0.267 e. The number of hydrogen-bond acceptors (Lipinski definition) is 5. The van der Waals surface area contributed by atoms with Gasteiger partial charge in [-0.3, -0.25) is 4.79 Å². The molecule has 0 saturated heterocycles. The van der Waals surface area contributed by atoms with E-state index >= 15 is 0 Å². The Morgan fingerprint density at radius 2 is 1.90 bits per heavy atom. The summed E-state index contributed by atoms with van der Waals surface area (Å²) in [5, 5.41) is 3.98. The summed E-state index contributed by atoms with van der Waals surface area (Å²) in [5.41, 5.74) is 4.99. The van der Waals surface area contributed by atoms with Crippen LogP contribution in [0.4, 0.5) is 4.39 Å². The predicted molar refractivity (Wildman–Crippen MR) is 114 cm³/mol. The molecule has 3 aromatic rings. The second kappa shape index (κ2) is 8.07. The van der Waals surface area contributed by atoms with Gasteiger partial charge < -0.3 is 9.74 Å². The number of benzene rings is 2. The van der Waals surface area contributed by atoms with Crippen molar-refractivity contribution in [2.24, 2.45) is 5.16 Å². The summed E-state index contributed by atoms with van der Waals surface area (Å²) in [5.74, 6) is -0.704. The summed E-state index contributed by atoms with van der Waals surface area (Å²) in [6.45, 7) is 1.05. The zero-order chi connectivity index (χ0) is 21.4. The van der Waals surface area contributed by atoms with Crippen molar-refractivity contribution in [3.63, 3.8) is 0 Å². The minimum absolute atomic E-state index is 0.0160. The molecule has 31 heavy (non-hydrogen) atoms. The second-order valence-electron chi connectivity index (χ2n) is 7.52. The molecule has 156 valence electrons. The van der Waals surface area contributed by atoms with E-state index in [1.807, 2.05) is 12.1 Å². The Labute approximate surface area is 183 Å². The van der Waals surface area contributed by atoms with Crippen LogP contribution in [0.1, 0.15) is 23.1 Å². The molecule has 0 aliphatic carbocycles. The fourth-order valence-electron chi connectivity index (χ4n) is 4.11. The van der Waals surface area contributed by atoms with Crippen molar-refractivity contribution < 1.29 is 14.0 Å². The molecule has 1 aromatic heterocycles. The number of aromatic nitrogens is 2. The molecular weight excluding hydrogens is 419 g/mol. The van der Waals surface area contributed by atoms with Crippen LogP contribution in [0.15, 0.2) is 60.3 Å². The molecular formula is C23H18ClFN4O2. The van der Waals surface area contributed by atoms with E-state index in [1.165, 1.54) is 18.0 Å². The largest absolute Gasteiger partial charge is 0.382 e. The first kappa shape index (κ1) is 19.6. The van der Waals surface area contributed by atoms with Crippen molar-refractivity contribution in [3.05, 3.63) is 82.6 Å². The van der Waals surface area contributed by atoms with Gasteiger partial charge in [-0.1, -0.05) is 41.0 Å². The maximum absolute atomic E-state index is 14.3. The number of halogens is 2. The minimum Gasteiger partial charge on any atom is -0.382 e. The van der Waals surface area contributed by atoms with Gasteiger partial charge in [-0.25, -0.2) is 14.4 Å². The molecule has 0 N–H and O–H groups in total. The van der Waals surface area contributed by atoms with Crippen LogP contribution in [0.5, 0.6) is 0 Å². The summed E-state index contributed by atoms with van der Waals surface area (Å²) in [4.78, 5) is 28.5. The number of amides is 1. The van der Waals surface area contributed by atoms with Crippen molar-refractivity contribution in [3.8, 4) is 11.1 Å². The van der Waals surface area contributed by atoms with Crippen molar-refractivity contribution >= 4 is 23.2 Å². The van der Waals surface area contributed by atoms with Crippen LogP contribution in [0.2, 0.25) is 5.02 Å². The van der Waals surface area contributed by atoms with Gasteiger partial charge in [0.2, 0.25) is 6.10 Å². The van der Waals surface area contributed by atoms with Gasteiger partial charge in [0, 0.05) is 43.0 Å². The molecule has 3 heterocycles. The van der Waals surface area contributed by atoms with Crippen molar-refractivity contribution in [1.29, 1.82) is 0 Å². The Bertz CT molecular complexity index is 1190. The summed E-state index contributed by atoms with van der Waals surface area (Å²) in [7, 11) is 0. The second-order valence-corrected chi connectivity index (χ2v) is 7.92. The zero-order valence-corrected chi connectivity index (χ0v) is 17.2. The molecule has 0 saturated carbocycles.